The van der Waals surface area contributed by atoms with E-state index in [2.05, 4.69) is 45.6 Å². The van der Waals surface area contributed by atoms with Gasteiger partial charge in [0.05, 0.1) is 11.0 Å². The lowest BCUT2D eigenvalue weighted by Crippen LogP contribution is -2.28. The van der Waals surface area contributed by atoms with Gasteiger partial charge >= 0.3 is 0 Å². The smallest absolute Gasteiger partial charge is 0.113 e. The highest BCUT2D eigenvalue weighted by Crippen LogP contribution is 2.34. The molecule has 0 radical (unpaired) electrons. The van der Waals surface area contributed by atoms with E-state index in [0.717, 1.165) is 35.8 Å². The molecule has 2 unspecified atom stereocenters. The summed E-state index contributed by atoms with van der Waals surface area (Å²) in [5, 5.41) is 0. The number of fused-ring (bicyclic) bond motifs is 1. The highest BCUT2D eigenvalue weighted by molar-refractivity contribution is 9.10. The van der Waals surface area contributed by atoms with Crippen LogP contribution < -0.4 is 5.73 Å². The summed E-state index contributed by atoms with van der Waals surface area (Å²) in [5.41, 5.74) is 8.51. The van der Waals surface area contributed by atoms with E-state index in [1.807, 2.05) is 0 Å². The predicted molar refractivity (Wildman–Crippen MR) is 86.9 cm³/mol. The van der Waals surface area contributed by atoms with E-state index in [9.17, 15) is 0 Å². The van der Waals surface area contributed by atoms with Crippen molar-refractivity contribution in [2.75, 3.05) is 0 Å². The second kappa shape index (κ2) is 5.86. The van der Waals surface area contributed by atoms with Gasteiger partial charge in [-0.15, -0.1) is 0 Å². The third kappa shape index (κ3) is 2.63. The van der Waals surface area contributed by atoms with E-state index >= 15 is 0 Å². The molecule has 1 aromatic carbocycles. The zero-order valence-electron chi connectivity index (χ0n) is 12.0. The molecule has 1 fully saturated rings. The summed E-state index contributed by atoms with van der Waals surface area (Å²) < 4.78 is 3.50. The zero-order valence-corrected chi connectivity index (χ0v) is 13.6. The summed E-state index contributed by atoms with van der Waals surface area (Å²) in [6.07, 6.45) is 5.82. The lowest BCUT2D eigenvalue weighted by atomic mass is 9.85. The minimum absolute atomic E-state index is 0.343. The Labute approximate surface area is 128 Å². The molecule has 1 saturated carbocycles. The molecule has 20 heavy (non-hydrogen) atoms. The first-order chi connectivity index (χ1) is 9.69. The number of imidazole rings is 1. The molecule has 3 nitrogen and oxygen atoms in total. The maximum Gasteiger partial charge on any atom is 0.113 e. The Morgan fingerprint density at radius 1 is 1.40 bits per heavy atom. The van der Waals surface area contributed by atoms with Crippen LogP contribution in [0.15, 0.2) is 22.7 Å². The van der Waals surface area contributed by atoms with Crippen molar-refractivity contribution >= 4 is 27.0 Å². The molecule has 1 aliphatic rings. The maximum atomic E-state index is 6.16. The van der Waals surface area contributed by atoms with Crippen LogP contribution in [0.3, 0.4) is 0 Å². The third-order valence-electron chi connectivity index (χ3n) is 4.27. The van der Waals surface area contributed by atoms with Gasteiger partial charge in [0, 0.05) is 23.0 Å². The van der Waals surface area contributed by atoms with Crippen LogP contribution in [-0.2, 0) is 6.54 Å². The van der Waals surface area contributed by atoms with Crippen molar-refractivity contribution in [2.45, 2.75) is 57.5 Å². The number of hydrogen-bond donors (Lipinski definition) is 1. The maximum absolute atomic E-state index is 6.16. The van der Waals surface area contributed by atoms with Crippen molar-refractivity contribution in [3.63, 3.8) is 0 Å². The van der Waals surface area contributed by atoms with Gasteiger partial charge in [0.25, 0.3) is 0 Å². The molecule has 2 N–H and O–H groups in total. The molecule has 2 atom stereocenters. The topological polar surface area (TPSA) is 43.8 Å². The van der Waals surface area contributed by atoms with Gasteiger partial charge in [-0.25, -0.2) is 4.98 Å². The summed E-state index contributed by atoms with van der Waals surface area (Å²) in [5.74, 6) is 1.77. The highest BCUT2D eigenvalue weighted by Gasteiger charge is 2.25. The van der Waals surface area contributed by atoms with Gasteiger partial charge in [-0.3, -0.25) is 0 Å². The van der Waals surface area contributed by atoms with Gasteiger partial charge in [0.15, 0.2) is 0 Å². The van der Waals surface area contributed by atoms with Gasteiger partial charge in [0.2, 0.25) is 0 Å². The lowest BCUT2D eigenvalue weighted by Gasteiger charge is -2.26. The third-order valence-corrected chi connectivity index (χ3v) is 4.76. The molecular weight excluding hydrogens is 314 g/mol. The summed E-state index contributed by atoms with van der Waals surface area (Å²) in [6.45, 7) is 3.26. The largest absolute Gasteiger partial charge is 0.328 e. The average Bonchev–Trinajstić information content (AvgIpc) is 2.77. The fourth-order valence-corrected chi connectivity index (χ4v) is 3.70. The van der Waals surface area contributed by atoms with E-state index in [4.69, 9.17) is 10.7 Å². The van der Waals surface area contributed by atoms with Crippen molar-refractivity contribution in [3.05, 3.63) is 28.5 Å². The van der Waals surface area contributed by atoms with Gasteiger partial charge in [-0.2, -0.15) is 0 Å². The first kappa shape index (κ1) is 14.1. The van der Waals surface area contributed by atoms with Crippen molar-refractivity contribution in [2.24, 2.45) is 5.73 Å². The lowest BCUT2D eigenvalue weighted by molar-refractivity contribution is 0.374. The average molecular weight is 336 g/mol. The SMILES string of the molecule is CCCn1c(C2CCCC(N)C2)nc2cc(Br)ccc21. The van der Waals surface area contributed by atoms with E-state index in [-0.39, 0.29) is 0 Å². The fraction of sp³-hybridized carbons (Fsp3) is 0.562. The van der Waals surface area contributed by atoms with Crippen molar-refractivity contribution in [1.29, 1.82) is 0 Å². The van der Waals surface area contributed by atoms with Crippen LogP contribution in [0, 0.1) is 0 Å². The summed E-state index contributed by atoms with van der Waals surface area (Å²) in [7, 11) is 0. The Hall–Kier alpha value is -0.870. The molecule has 4 heteroatoms. The van der Waals surface area contributed by atoms with Crippen LogP contribution in [0.25, 0.3) is 11.0 Å². The quantitative estimate of drug-likeness (QED) is 0.913. The van der Waals surface area contributed by atoms with Crippen LogP contribution in [0.1, 0.15) is 50.8 Å². The number of hydrogen-bond acceptors (Lipinski definition) is 2. The van der Waals surface area contributed by atoms with E-state index < -0.39 is 0 Å². The number of rotatable bonds is 3. The molecule has 108 valence electrons. The Bertz CT molecular complexity index is 605. The second-order valence-corrected chi connectivity index (χ2v) is 6.79. The first-order valence-corrected chi connectivity index (χ1v) is 8.39. The molecule has 0 saturated heterocycles. The Balaban J connectivity index is 2.06. The molecule has 1 heterocycles. The van der Waals surface area contributed by atoms with E-state index in [0.29, 0.717) is 12.0 Å². The summed E-state index contributed by atoms with van der Waals surface area (Å²) in [4.78, 5) is 4.93. The molecular formula is C16H22BrN3. The van der Waals surface area contributed by atoms with Crippen LogP contribution in [0.2, 0.25) is 0 Å². The van der Waals surface area contributed by atoms with Gasteiger partial charge in [-0.1, -0.05) is 29.3 Å². The van der Waals surface area contributed by atoms with Crippen molar-refractivity contribution in [1.82, 2.24) is 9.55 Å². The highest BCUT2D eigenvalue weighted by atomic mass is 79.9. The molecule has 0 bridgehead atoms. The molecule has 2 aromatic rings. The van der Waals surface area contributed by atoms with Crippen LogP contribution in [-0.4, -0.2) is 15.6 Å². The van der Waals surface area contributed by atoms with Gasteiger partial charge < -0.3 is 10.3 Å². The zero-order chi connectivity index (χ0) is 14.1. The number of aryl methyl sites for hydroxylation is 1. The monoisotopic (exact) mass is 335 g/mol. The molecule has 0 amide bonds. The minimum atomic E-state index is 0.343. The molecule has 0 aliphatic heterocycles. The first-order valence-electron chi connectivity index (χ1n) is 7.60. The number of halogens is 1. The predicted octanol–water partition coefficient (Wildman–Crippen LogP) is 4.19. The summed E-state index contributed by atoms with van der Waals surface area (Å²) >= 11 is 3.54. The standard InChI is InChI=1S/C16H22BrN3/c1-2-8-20-15-7-6-12(17)10-14(15)19-16(20)11-4-3-5-13(18)9-11/h6-7,10-11,13H,2-5,8-9,18H2,1H3. The molecule has 3 rings (SSSR count). The number of benzene rings is 1. The molecule has 1 aromatic heterocycles. The number of nitrogens with two attached hydrogens (primary N) is 1. The number of aromatic nitrogens is 2. The normalized spacial score (nSPS) is 23.4. The Morgan fingerprint density at radius 2 is 2.25 bits per heavy atom. The van der Waals surface area contributed by atoms with Crippen LogP contribution in [0.4, 0.5) is 0 Å². The van der Waals surface area contributed by atoms with Crippen molar-refractivity contribution in [3.8, 4) is 0 Å². The Morgan fingerprint density at radius 3 is 3.00 bits per heavy atom. The Kier molecular flexibility index (Phi) is 4.13. The second-order valence-electron chi connectivity index (χ2n) is 5.88. The number of nitrogens with zero attached hydrogens (tertiary/aromatic N) is 2. The molecule has 1 aliphatic carbocycles. The van der Waals surface area contributed by atoms with Gasteiger partial charge in [0.1, 0.15) is 5.82 Å². The van der Waals surface area contributed by atoms with Crippen molar-refractivity contribution < 1.29 is 0 Å². The van der Waals surface area contributed by atoms with E-state index in [1.54, 1.807) is 0 Å². The van der Waals surface area contributed by atoms with Gasteiger partial charge in [-0.05, 0) is 43.9 Å². The van der Waals surface area contributed by atoms with Crippen LogP contribution >= 0.6 is 15.9 Å². The minimum Gasteiger partial charge on any atom is -0.328 e. The van der Waals surface area contributed by atoms with Crippen LogP contribution in [0.5, 0.6) is 0 Å². The van der Waals surface area contributed by atoms with E-state index in [1.165, 1.54) is 24.2 Å². The molecule has 0 spiro atoms. The summed E-state index contributed by atoms with van der Waals surface area (Å²) in [6, 6.07) is 6.74. The fourth-order valence-electron chi connectivity index (χ4n) is 3.35.